The summed E-state index contributed by atoms with van der Waals surface area (Å²) in [5.74, 6) is 1.23. The number of anilines is 1. The Morgan fingerprint density at radius 1 is 1.03 bits per heavy atom. The number of carbonyl (C=O) groups excluding carboxylic acids is 1. The Morgan fingerprint density at radius 2 is 1.86 bits per heavy atom. The van der Waals surface area contributed by atoms with Crippen LogP contribution in [0.4, 0.5) is 5.13 Å². The van der Waals surface area contributed by atoms with Crippen molar-refractivity contribution in [1.82, 2.24) is 9.97 Å². The van der Waals surface area contributed by atoms with E-state index >= 15 is 0 Å². The smallest absolute Gasteiger partial charge is 0.269 e. The van der Waals surface area contributed by atoms with Crippen LogP contribution >= 0.6 is 22.7 Å². The maximum Gasteiger partial charge on any atom is 0.269 e. The van der Waals surface area contributed by atoms with Crippen LogP contribution in [0.3, 0.4) is 0 Å². The van der Waals surface area contributed by atoms with E-state index in [0.717, 1.165) is 27.6 Å². The first-order valence-electron chi connectivity index (χ1n) is 8.87. The second-order valence-corrected chi connectivity index (χ2v) is 8.22. The molecule has 0 spiro atoms. The van der Waals surface area contributed by atoms with Crippen LogP contribution in [0.15, 0.2) is 53.9 Å². The van der Waals surface area contributed by atoms with Gasteiger partial charge in [-0.05, 0) is 25.1 Å². The lowest BCUT2D eigenvalue weighted by atomic mass is 10.1. The van der Waals surface area contributed by atoms with Crippen molar-refractivity contribution in [2.45, 2.75) is 6.92 Å². The maximum atomic E-state index is 12.8. The molecule has 0 unspecified atom stereocenters. The molecule has 0 bridgehead atoms. The van der Waals surface area contributed by atoms with Gasteiger partial charge >= 0.3 is 0 Å². The number of nitrogens with one attached hydrogen (secondary N) is 1. The second kappa shape index (κ2) is 7.31. The number of carbonyl (C=O) groups is 1. The lowest BCUT2D eigenvalue weighted by Gasteiger charge is -2.01. The Balaban J connectivity index is 1.35. The Labute approximate surface area is 174 Å². The van der Waals surface area contributed by atoms with Gasteiger partial charge in [0.15, 0.2) is 16.6 Å². The Morgan fingerprint density at radius 3 is 2.72 bits per heavy atom. The van der Waals surface area contributed by atoms with Crippen molar-refractivity contribution < 1.29 is 14.3 Å². The number of aromatic nitrogens is 2. The van der Waals surface area contributed by atoms with Crippen molar-refractivity contribution in [3.8, 4) is 33.3 Å². The summed E-state index contributed by atoms with van der Waals surface area (Å²) >= 11 is 2.76. The van der Waals surface area contributed by atoms with E-state index in [1.165, 1.54) is 22.7 Å². The van der Waals surface area contributed by atoms with Crippen LogP contribution in [0, 0.1) is 6.92 Å². The number of benzene rings is 2. The zero-order valence-corrected chi connectivity index (χ0v) is 17.0. The van der Waals surface area contributed by atoms with E-state index in [9.17, 15) is 4.79 Å². The number of amides is 1. The molecule has 1 aliphatic rings. The molecule has 3 heterocycles. The molecule has 5 rings (SSSR count). The highest BCUT2D eigenvalue weighted by Gasteiger charge is 2.19. The van der Waals surface area contributed by atoms with E-state index < -0.39 is 0 Å². The van der Waals surface area contributed by atoms with Gasteiger partial charge in [-0.3, -0.25) is 10.1 Å². The number of aryl methyl sites for hydroxylation is 1. The minimum atomic E-state index is -0.200. The van der Waals surface area contributed by atoms with Crippen molar-refractivity contribution in [3.05, 3.63) is 64.5 Å². The van der Waals surface area contributed by atoms with Gasteiger partial charge in [0.1, 0.15) is 9.88 Å². The maximum absolute atomic E-state index is 12.8. The van der Waals surface area contributed by atoms with Crippen molar-refractivity contribution >= 4 is 33.7 Å². The standard InChI is InChI=1S/C21H15N3O3S2/c1-12-18(29-20(22-12)13-5-3-2-4-6-13)19(25)24-21-23-15(10-28-21)14-7-8-16-17(9-14)27-11-26-16/h2-10H,11H2,1H3,(H,23,24,25). The van der Waals surface area contributed by atoms with E-state index in [4.69, 9.17) is 9.47 Å². The van der Waals surface area contributed by atoms with Crippen molar-refractivity contribution in [1.29, 1.82) is 0 Å². The van der Waals surface area contributed by atoms with Gasteiger partial charge in [0.05, 0.1) is 11.4 Å². The predicted molar refractivity (Wildman–Crippen MR) is 114 cm³/mol. The van der Waals surface area contributed by atoms with E-state index in [1.807, 2.05) is 60.8 Å². The Kier molecular flexibility index (Phi) is 4.49. The highest BCUT2D eigenvalue weighted by Crippen LogP contribution is 2.36. The normalized spacial score (nSPS) is 12.2. The summed E-state index contributed by atoms with van der Waals surface area (Å²) in [5, 5.41) is 6.16. The van der Waals surface area contributed by atoms with Crippen LogP contribution in [-0.2, 0) is 0 Å². The van der Waals surface area contributed by atoms with Crippen LogP contribution in [0.2, 0.25) is 0 Å². The molecule has 1 N–H and O–H groups in total. The van der Waals surface area contributed by atoms with Crippen LogP contribution in [0.25, 0.3) is 21.8 Å². The van der Waals surface area contributed by atoms with Gasteiger partial charge in [-0.15, -0.1) is 22.7 Å². The molecule has 1 amide bonds. The van der Waals surface area contributed by atoms with E-state index in [1.54, 1.807) is 0 Å². The summed E-state index contributed by atoms with van der Waals surface area (Å²) in [6, 6.07) is 15.5. The first-order valence-corrected chi connectivity index (χ1v) is 10.6. The summed E-state index contributed by atoms with van der Waals surface area (Å²) in [5.41, 5.74) is 3.39. The lowest BCUT2D eigenvalue weighted by molar-refractivity contribution is 0.103. The number of fused-ring (bicyclic) bond motifs is 1. The van der Waals surface area contributed by atoms with Gasteiger partial charge in [0.2, 0.25) is 6.79 Å². The van der Waals surface area contributed by atoms with E-state index in [2.05, 4.69) is 15.3 Å². The highest BCUT2D eigenvalue weighted by atomic mass is 32.1. The molecule has 4 aromatic rings. The summed E-state index contributed by atoms with van der Waals surface area (Å²) in [7, 11) is 0. The monoisotopic (exact) mass is 421 g/mol. The number of hydrogen-bond donors (Lipinski definition) is 1. The quantitative estimate of drug-likeness (QED) is 0.489. The zero-order valence-electron chi connectivity index (χ0n) is 15.3. The van der Waals surface area contributed by atoms with Gasteiger partial charge in [-0.25, -0.2) is 9.97 Å². The van der Waals surface area contributed by atoms with Gasteiger partial charge in [-0.1, -0.05) is 30.3 Å². The fourth-order valence-corrected chi connectivity index (χ4v) is 4.67. The minimum absolute atomic E-state index is 0.200. The lowest BCUT2D eigenvalue weighted by Crippen LogP contribution is -2.11. The number of rotatable bonds is 4. The van der Waals surface area contributed by atoms with Gasteiger partial charge in [-0.2, -0.15) is 0 Å². The molecule has 0 saturated heterocycles. The molecule has 8 heteroatoms. The summed E-state index contributed by atoms with van der Waals surface area (Å²) in [6.45, 7) is 2.08. The van der Waals surface area contributed by atoms with Crippen LogP contribution in [0.5, 0.6) is 11.5 Å². The minimum Gasteiger partial charge on any atom is -0.454 e. The Hall–Kier alpha value is -3.23. The molecule has 0 atom stereocenters. The van der Waals surface area contributed by atoms with Crippen molar-refractivity contribution in [3.63, 3.8) is 0 Å². The molecule has 29 heavy (non-hydrogen) atoms. The van der Waals surface area contributed by atoms with E-state index in [-0.39, 0.29) is 12.7 Å². The molecular formula is C21H15N3O3S2. The van der Waals surface area contributed by atoms with Crippen LogP contribution in [-0.4, -0.2) is 22.7 Å². The SMILES string of the molecule is Cc1nc(-c2ccccc2)sc1C(=O)Nc1nc(-c2ccc3c(c2)OCO3)cs1. The fourth-order valence-electron chi connectivity index (χ4n) is 2.98. The van der Waals surface area contributed by atoms with E-state index in [0.29, 0.717) is 21.5 Å². The molecule has 2 aromatic heterocycles. The molecule has 2 aromatic carbocycles. The fraction of sp³-hybridized carbons (Fsp3) is 0.0952. The third kappa shape index (κ3) is 3.48. The molecular weight excluding hydrogens is 406 g/mol. The topological polar surface area (TPSA) is 73.3 Å². The molecule has 0 aliphatic carbocycles. The van der Waals surface area contributed by atoms with Crippen molar-refractivity contribution in [2.75, 3.05) is 12.1 Å². The van der Waals surface area contributed by atoms with Gasteiger partial charge in [0, 0.05) is 16.5 Å². The molecule has 0 saturated carbocycles. The largest absolute Gasteiger partial charge is 0.454 e. The van der Waals surface area contributed by atoms with Crippen LogP contribution in [0.1, 0.15) is 15.4 Å². The van der Waals surface area contributed by atoms with Gasteiger partial charge < -0.3 is 9.47 Å². The number of thiazole rings is 2. The summed E-state index contributed by atoms with van der Waals surface area (Å²) in [4.78, 5) is 22.4. The second-order valence-electron chi connectivity index (χ2n) is 6.36. The third-order valence-electron chi connectivity index (χ3n) is 4.42. The molecule has 0 radical (unpaired) electrons. The van der Waals surface area contributed by atoms with Crippen molar-refractivity contribution in [2.24, 2.45) is 0 Å². The Bertz CT molecular complexity index is 1200. The number of ether oxygens (including phenoxy) is 2. The predicted octanol–water partition coefficient (Wildman–Crippen LogP) is 5.22. The first kappa shape index (κ1) is 17.8. The zero-order chi connectivity index (χ0) is 19.8. The number of nitrogens with zero attached hydrogens (tertiary/aromatic N) is 2. The molecule has 144 valence electrons. The molecule has 0 fully saturated rings. The highest BCUT2D eigenvalue weighted by molar-refractivity contribution is 7.17. The average Bonchev–Trinajstić information content (AvgIpc) is 3.47. The third-order valence-corrected chi connectivity index (χ3v) is 6.38. The molecule has 1 aliphatic heterocycles. The van der Waals surface area contributed by atoms with Gasteiger partial charge in [0.25, 0.3) is 5.91 Å². The average molecular weight is 422 g/mol. The van der Waals surface area contributed by atoms with Crippen LogP contribution < -0.4 is 14.8 Å². The first-order chi connectivity index (χ1) is 14.2. The summed E-state index contributed by atoms with van der Waals surface area (Å²) < 4.78 is 10.8. The summed E-state index contributed by atoms with van der Waals surface area (Å²) in [6.07, 6.45) is 0. The number of hydrogen-bond acceptors (Lipinski definition) is 7. The molecule has 6 nitrogen and oxygen atoms in total.